The molecule has 0 aliphatic carbocycles. The first-order valence-electron chi connectivity index (χ1n) is 5.76. The van der Waals surface area contributed by atoms with E-state index >= 15 is 0 Å². The average molecular weight is 201 g/mol. The van der Waals surface area contributed by atoms with Gasteiger partial charge in [0.2, 0.25) is 0 Å². The van der Waals surface area contributed by atoms with Gasteiger partial charge < -0.3 is 10.1 Å². The molecule has 0 aromatic heterocycles. The second kappa shape index (κ2) is 8.25. The Morgan fingerprint density at radius 2 is 1.71 bits per heavy atom. The summed E-state index contributed by atoms with van der Waals surface area (Å²) in [6.07, 6.45) is 4.99. The number of ether oxygens (including phenoxy) is 1. The van der Waals surface area contributed by atoms with E-state index in [1.165, 1.54) is 25.7 Å². The largest absolute Gasteiger partial charge is 0.385 e. The average Bonchev–Trinajstić information content (AvgIpc) is 2.08. The minimum absolute atomic E-state index is 0.461. The molecule has 0 saturated heterocycles. The zero-order chi connectivity index (χ0) is 10.9. The summed E-state index contributed by atoms with van der Waals surface area (Å²) in [6, 6.07) is 0. The maximum absolute atomic E-state index is 4.99. The monoisotopic (exact) mass is 201 g/mol. The number of rotatable bonds is 8. The minimum atomic E-state index is 0.461. The molecule has 0 saturated carbocycles. The van der Waals surface area contributed by atoms with E-state index in [0.717, 1.165) is 19.7 Å². The van der Waals surface area contributed by atoms with Crippen LogP contribution in [0.2, 0.25) is 0 Å². The smallest absolute Gasteiger partial charge is 0.0462 e. The Morgan fingerprint density at radius 3 is 2.29 bits per heavy atom. The molecule has 0 amide bonds. The van der Waals surface area contributed by atoms with Gasteiger partial charge in [0.05, 0.1) is 0 Å². The van der Waals surface area contributed by atoms with Crippen LogP contribution in [-0.4, -0.2) is 26.8 Å². The van der Waals surface area contributed by atoms with Gasteiger partial charge in [-0.25, -0.2) is 0 Å². The molecule has 0 aliphatic heterocycles. The zero-order valence-corrected chi connectivity index (χ0v) is 10.4. The Morgan fingerprint density at radius 1 is 1.00 bits per heavy atom. The van der Waals surface area contributed by atoms with Gasteiger partial charge in [-0.2, -0.15) is 0 Å². The van der Waals surface area contributed by atoms with Gasteiger partial charge in [-0.15, -0.1) is 0 Å². The van der Waals surface area contributed by atoms with Crippen molar-refractivity contribution in [3.05, 3.63) is 0 Å². The van der Waals surface area contributed by atoms with Crippen molar-refractivity contribution in [1.29, 1.82) is 0 Å². The molecule has 14 heavy (non-hydrogen) atoms. The van der Waals surface area contributed by atoms with Crippen LogP contribution in [0.1, 0.15) is 46.5 Å². The molecule has 0 atom stereocenters. The van der Waals surface area contributed by atoms with Crippen molar-refractivity contribution in [1.82, 2.24) is 5.32 Å². The Hall–Kier alpha value is -0.0800. The lowest BCUT2D eigenvalue weighted by Crippen LogP contribution is -2.21. The van der Waals surface area contributed by atoms with Gasteiger partial charge in [0.25, 0.3) is 0 Å². The lowest BCUT2D eigenvalue weighted by Gasteiger charge is -2.17. The summed E-state index contributed by atoms with van der Waals surface area (Å²) in [5.41, 5.74) is 0.461. The lowest BCUT2D eigenvalue weighted by atomic mass is 9.92. The number of hydrogen-bond donors (Lipinski definition) is 1. The summed E-state index contributed by atoms with van der Waals surface area (Å²) in [7, 11) is 1.77. The van der Waals surface area contributed by atoms with Crippen molar-refractivity contribution in [2.45, 2.75) is 46.5 Å². The fourth-order valence-electron chi connectivity index (χ4n) is 1.26. The molecule has 0 fully saturated rings. The van der Waals surface area contributed by atoms with E-state index in [4.69, 9.17) is 4.74 Å². The van der Waals surface area contributed by atoms with Crippen molar-refractivity contribution >= 4 is 0 Å². The first kappa shape index (κ1) is 13.9. The molecule has 0 heterocycles. The van der Waals surface area contributed by atoms with E-state index in [0.29, 0.717) is 5.41 Å². The Kier molecular flexibility index (Phi) is 8.20. The SMILES string of the molecule is COCCCCCNCCC(C)(C)C. The van der Waals surface area contributed by atoms with Crippen molar-refractivity contribution < 1.29 is 4.74 Å². The minimum Gasteiger partial charge on any atom is -0.385 e. The van der Waals surface area contributed by atoms with Crippen LogP contribution < -0.4 is 5.32 Å². The molecule has 0 aliphatic rings. The van der Waals surface area contributed by atoms with E-state index in [1.807, 2.05) is 0 Å². The van der Waals surface area contributed by atoms with Crippen molar-refractivity contribution in [2.24, 2.45) is 5.41 Å². The Labute approximate surface area is 89.4 Å². The molecule has 1 N–H and O–H groups in total. The van der Waals surface area contributed by atoms with Crippen LogP contribution in [0, 0.1) is 5.41 Å². The zero-order valence-electron chi connectivity index (χ0n) is 10.4. The number of nitrogens with one attached hydrogen (secondary N) is 1. The Bertz CT molecular complexity index is 118. The van der Waals surface area contributed by atoms with E-state index in [-0.39, 0.29) is 0 Å². The molecule has 2 heteroatoms. The summed E-state index contributed by atoms with van der Waals surface area (Å²) in [5, 5.41) is 3.48. The quantitative estimate of drug-likeness (QED) is 0.610. The van der Waals surface area contributed by atoms with E-state index in [1.54, 1.807) is 7.11 Å². The van der Waals surface area contributed by atoms with Gasteiger partial charge >= 0.3 is 0 Å². The molecule has 0 unspecified atom stereocenters. The third kappa shape index (κ3) is 11.9. The predicted molar refractivity (Wildman–Crippen MR) is 62.7 cm³/mol. The van der Waals surface area contributed by atoms with Gasteiger partial charge in [-0.05, 0) is 44.2 Å². The summed E-state index contributed by atoms with van der Waals surface area (Å²) < 4.78 is 4.99. The second-order valence-electron chi connectivity index (χ2n) is 5.11. The molecular formula is C12H27NO. The fourth-order valence-corrected chi connectivity index (χ4v) is 1.26. The van der Waals surface area contributed by atoms with Crippen molar-refractivity contribution in [3.63, 3.8) is 0 Å². The van der Waals surface area contributed by atoms with Crippen LogP contribution in [-0.2, 0) is 4.74 Å². The van der Waals surface area contributed by atoms with Crippen molar-refractivity contribution in [3.8, 4) is 0 Å². The van der Waals surface area contributed by atoms with Gasteiger partial charge in [0, 0.05) is 13.7 Å². The highest BCUT2D eigenvalue weighted by molar-refractivity contribution is 4.62. The molecule has 0 aromatic rings. The maximum atomic E-state index is 4.99. The van der Waals surface area contributed by atoms with Crippen LogP contribution in [0.25, 0.3) is 0 Å². The maximum Gasteiger partial charge on any atom is 0.0462 e. The highest BCUT2D eigenvalue weighted by Gasteiger charge is 2.08. The number of unbranched alkanes of at least 4 members (excludes halogenated alkanes) is 2. The third-order valence-corrected chi connectivity index (χ3v) is 2.25. The molecule has 2 nitrogen and oxygen atoms in total. The van der Waals surface area contributed by atoms with Crippen LogP contribution in [0.4, 0.5) is 0 Å². The summed E-state index contributed by atoms with van der Waals surface area (Å²) in [6.45, 7) is 10.1. The summed E-state index contributed by atoms with van der Waals surface area (Å²) in [4.78, 5) is 0. The second-order valence-corrected chi connectivity index (χ2v) is 5.11. The highest BCUT2D eigenvalue weighted by Crippen LogP contribution is 2.16. The van der Waals surface area contributed by atoms with E-state index < -0.39 is 0 Å². The topological polar surface area (TPSA) is 21.3 Å². The Balaban J connectivity index is 2.99. The number of hydrogen-bond acceptors (Lipinski definition) is 2. The normalized spacial score (nSPS) is 12.0. The summed E-state index contributed by atoms with van der Waals surface area (Å²) >= 11 is 0. The molecule has 0 aromatic carbocycles. The van der Waals surface area contributed by atoms with Gasteiger partial charge in [-0.3, -0.25) is 0 Å². The fraction of sp³-hybridized carbons (Fsp3) is 1.00. The summed E-state index contributed by atoms with van der Waals surface area (Å²) in [5.74, 6) is 0. The van der Waals surface area contributed by atoms with Crippen LogP contribution >= 0.6 is 0 Å². The molecule has 0 bridgehead atoms. The van der Waals surface area contributed by atoms with E-state index in [9.17, 15) is 0 Å². The predicted octanol–water partition coefficient (Wildman–Crippen LogP) is 2.83. The van der Waals surface area contributed by atoms with Crippen molar-refractivity contribution in [2.75, 3.05) is 26.8 Å². The lowest BCUT2D eigenvalue weighted by molar-refractivity contribution is 0.192. The van der Waals surface area contributed by atoms with E-state index in [2.05, 4.69) is 26.1 Å². The van der Waals surface area contributed by atoms with Gasteiger partial charge in [0.15, 0.2) is 0 Å². The van der Waals surface area contributed by atoms with Gasteiger partial charge in [0.1, 0.15) is 0 Å². The standard InChI is InChI=1S/C12H27NO/c1-12(2,3)8-10-13-9-6-5-7-11-14-4/h13H,5-11H2,1-4H3. The third-order valence-electron chi connectivity index (χ3n) is 2.25. The number of methoxy groups -OCH3 is 1. The highest BCUT2D eigenvalue weighted by atomic mass is 16.5. The first-order valence-corrected chi connectivity index (χ1v) is 5.76. The molecular weight excluding hydrogens is 174 g/mol. The van der Waals surface area contributed by atoms with Crippen LogP contribution in [0.15, 0.2) is 0 Å². The molecule has 0 spiro atoms. The molecule has 86 valence electrons. The molecule has 0 radical (unpaired) electrons. The van der Waals surface area contributed by atoms with Crippen LogP contribution in [0.3, 0.4) is 0 Å². The van der Waals surface area contributed by atoms with Crippen LogP contribution in [0.5, 0.6) is 0 Å². The first-order chi connectivity index (χ1) is 6.56. The van der Waals surface area contributed by atoms with Gasteiger partial charge in [-0.1, -0.05) is 20.8 Å². The molecule has 0 rings (SSSR count).